The Bertz CT molecular complexity index is 994. The van der Waals surface area contributed by atoms with E-state index in [9.17, 15) is 13.2 Å². The highest BCUT2D eigenvalue weighted by molar-refractivity contribution is 7.91. The Balaban J connectivity index is 2.38. The number of hydrogen-bond donors (Lipinski definition) is 0. The molecule has 3 rings (SSSR count). The van der Waals surface area contributed by atoms with Gasteiger partial charge < -0.3 is 14.3 Å². The largest absolute Gasteiger partial charge is 0.493 e. The van der Waals surface area contributed by atoms with Crippen molar-refractivity contribution in [3.63, 3.8) is 0 Å². The molecule has 0 aliphatic carbocycles. The van der Waals surface area contributed by atoms with Crippen LogP contribution in [-0.4, -0.2) is 34.3 Å². The lowest BCUT2D eigenvalue weighted by Gasteiger charge is -2.22. The predicted molar refractivity (Wildman–Crippen MR) is 88.8 cm³/mol. The van der Waals surface area contributed by atoms with E-state index in [4.69, 9.17) is 14.3 Å². The summed E-state index contributed by atoms with van der Waals surface area (Å²) in [5.74, 6) is 0.00263. The van der Waals surface area contributed by atoms with E-state index in [0.29, 0.717) is 11.3 Å². The minimum absolute atomic E-state index is 0.00903. The molecule has 2 aromatic carbocycles. The fraction of sp³-hybridized carbons (Fsp3) is 0.176. The van der Waals surface area contributed by atoms with Gasteiger partial charge in [0, 0.05) is 24.1 Å². The van der Waals surface area contributed by atoms with E-state index >= 15 is 0 Å². The van der Waals surface area contributed by atoms with Crippen molar-refractivity contribution in [2.45, 2.75) is 16.7 Å². The van der Waals surface area contributed by atoms with Crippen LogP contribution in [0.5, 0.6) is 11.5 Å². The van der Waals surface area contributed by atoms with Gasteiger partial charge in [0.2, 0.25) is 9.84 Å². The molecule has 0 fully saturated rings. The number of oxime groups is 1. The van der Waals surface area contributed by atoms with Crippen LogP contribution >= 0.6 is 0 Å². The number of sulfone groups is 1. The van der Waals surface area contributed by atoms with Crippen molar-refractivity contribution in [1.82, 2.24) is 0 Å². The summed E-state index contributed by atoms with van der Waals surface area (Å²) in [6.07, 6.45) is 0. The number of benzene rings is 2. The molecule has 0 saturated carbocycles. The van der Waals surface area contributed by atoms with E-state index < -0.39 is 15.8 Å². The van der Waals surface area contributed by atoms with Crippen LogP contribution in [0.4, 0.5) is 0 Å². The second-order valence-corrected chi connectivity index (χ2v) is 7.11. The molecule has 1 aliphatic rings. The SMILES string of the molecule is COc1cc2c(cc1OC)S(=O)(=O)c1ccccc1/C2=N/OC(C)=O. The highest BCUT2D eigenvalue weighted by Crippen LogP contribution is 2.40. The number of ether oxygens (including phenoxy) is 2. The van der Waals surface area contributed by atoms with E-state index in [1.165, 1.54) is 39.3 Å². The highest BCUT2D eigenvalue weighted by Gasteiger charge is 2.35. The van der Waals surface area contributed by atoms with Crippen LogP contribution in [0, 0.1) is 0 Å². The lowest BCUT2D eigenvalue weighted by Crippen LogP contribution is -2.21. The molecule has 2 aromatic rings. The average Bonchev–Trinajstić information content (AvgIpc) is 2.60. The van der Waals surface area contributed by atoms with E-state index in [1.54, 1.807) is 18.2 Å². The second-order valence-electron chi connectivity index (χ2n) is 5.23. The summed E-state index contributed by atoms with van der Waals surface area (Å²) in [5.41, 5.74) is 0.859. The summed E-state index contributed by atoms with van der Waals surface area (Å²) in [6, 6.07) is 9.27. The van der Waals surface area contributed by atoms with Gasteiger partial charge in [0.25, 0.3) is 0 Å². The van der Waals surface area contributed by atoms with Crippen LogP contribution in [0.2, 0.25) is 0 Å². The number of carbonyl (C=O) groups is 1. The first-order valence-electron chi connectivity index (χ1n) is 7.26. The summed E-state index contributed by atoms with van der Waals surface area (Å²) in [4.78, 5) is 16.0. The van der Waals surface area contributed by atoms with Crippen molar-refractivity contribution in [3.8, 4) is 11.5 Å². The highest BCUT2D eigenvalue weighted by atomic mass is 32.2. The Morgan fingerprint density at radius 1 is 0.960 bits per heavy atom. The summed E-state index contributed by atoms with van der Waals surface area (Å²) >= 11 is 0. The molecule has 0 atom stereocenters. The van der Waals surface area contributed by atoms with Crippen molar-refractivity contribution in [1.29, 1.82) is 0 Å². The first kappa shape index (κ1) is 17.0. The molecule has 0 amide bonds. The molecular formula is C17H15NO6S. The van der Waals surface area contributed by atoms with Crippen LogP contribution in [0.3, 0.4) is 0 Å². The van der Waals surface area contributed by atoms with E-state index in [1.807, 2.05) is 0 Å². The van der Waals surface area contributed by atoms with Crippen molar-refractivity contribution in [3.05, 3.63) is 47.5 Å². The molecule has 0 spiro atoms. The molecule has 25 heavy (non-hydrogen) atoms. The average molecular weight is 361 g/mol. The Kier molecular flexibility index (Phi) is 4.22. The lowest BCUT2D eigenvalue weighted by atomic mass is 10.0. The standard InChI is InChI=1S/C17H15NO6S/c1-10(19)24-18-17-11-6-4-5-7-15(11)25(20,21)16-9-14(23-3)13(22-2)8-12(16)17/h4-9H,1-3H3/b18-17-. The maximum Gasteiger partial charge on any atom is 0.332 e. The summed E-state index contributed by atoms with van der Waals surface area (Å²) in [7, 11) is -0.926. The molecule has 0 N–H and O–H groups in total. The maximum absolute atomic E-state index is 13.0. The van der Waals surface area contributed by atoms with Crippen LogP contribution in [0.15, 0.2) is 51.3 Å². The first-order chi connectivity index (χ1) is 11.9. The zero-order valence-corrected chi connectivity index (χ0v) is 14.6. The number of carbonyl (C=O) groups excluding carboxylic acids is 1. The third kappa shape index (κ3) is 2.74. The topological polar surface area (TPSA) is 91.3 Å². The van der Waals surface area contributed by atoms with Crippen molar-refractivity contribution in [2.75, 3.05) is 14.2 Å². The van der Waals surface area contributed by atoms with E-state index in [0.717, 1.165) is 0 Å². The first-order valence-corrected chi connectivity index (χ1v) is 8.75. The smallest absolute Gasteiger partial charge is 0.332 e. The van der Waals surface area contributed by atoms with Crippen molar-refractivity contribution < 1.29 is 27.5 Å². The Hall–Kier alpha value is -2.87. The molecule has 8 heteroatoms. The Morgan fingerprint density at radius 2 is 1.60 bits per heavy atom. The number of fused-ring (bicyclic) bond motifs is 2. The van der Waals surface area contributed by atoms with Gasteiger partial charge in [-0.2, -0.15) is 0 Å². The van der Waals surface area contributed by atoms with Gasteiger partial charge in [-0.05, 0) is 12.1 Å². The van der Waals surface area contributed by atoms with Crippen LogP contribution in [-0.2, 0) is 19.5 Å². The molecule has 0 aromatic heterocycles. The van der Waals surface area contributed by atoms with Crippen LogP contribution in [0.25, 0.3) is 0 Å². The molecular weight excluding hydrogens is 346 g/mol. The second kappa shape index (κ2) is 6.21. The molecule has 0 bridgehead atoms. The molecule has 1 aliphatic heterocycles. The predicted octanol–water partition coefficient (Wildman–Crippen LogP) is 2.17. The molecule has 7 nitrogen and oxygen atoms in total. The number of methoxy groups -OCH3 is 2. The molecule has 0 unspecified atom stereocenters. The van der Waals surface area contributed by atoms with Crippen LogP contribution < -0.4 is 9.47 Å². The van der Waals surface area contributed by atoms with E-state index in [-0.39, 0.29) is 26.8 Å². The van der Waals surface area contributed by atoms with Gasteiger partial charge in [-0.25, -0.2) is 13.2 Å². The van der Waals surface area contributed by atoms with Gasteiger partial charge in [-0.15, -0.1) is 0 Å². The molecule has 1 heterocycles. The summed E-state index contributed by atoms with van der Waals surface area (Å²) in [6.45, 7) is 1.21. The zero-order valence-electron chi connectivity index (χ0n) is 13.8. The van der Waals surface area contributed by atoms with Gasteiger partial charge in [0.1, 0.15) is 5.71 Å². The van der Waals surface area contributed by atoms with Crippen molar-refractivity contribution >= 4 is 21.5 Å². The fourth-order valence-electron chi connectivity index (χ4n) is 2.64. The lowest BCUT2D eigenvalue weighted by molar-refractivity contribution is -0.140. The van der Waals surface area contributed by atoms with Gasteiger partial charge >= 0.3 is 5.97 Å². The minimum Gasteiger partial charge on any atom is -0.493 e. The third-order valence-corrected chi connectivity index (χ3v) is 5.58. The van der Waals surface area contributed by atoms with E-state index in [2.05, 4.69) is 5.16 Å². The Labute approximate surface area is 144 Å². The van der Waals surface area contributed by atoms with Gasteiger partial charge in [0.15, 0.2) is 11.5 Å². The Morgan fingerprint density at radius 3 is 2.24 bits per heavy atom. The quantitative estimate of drug-likeness (QED) is 0.524. The minimum atomic E-state index is -3.79. The summed E-state index contributed by atoms with van der Waals surface area (Å²) < 4.78 is 36.4. The van der Waals surface area contributed by atoms with Gasteiger partial charge in [-0.3, -0.25) is 0 Å². The third-order valence-electron chi connectivity index (χ3n) is 3.73. The normalized spacial score (nSPS) is 15.9. The monoisotopic (exact) mass is 361 g/mol. The fourth-order valence-corrected chi connectivity index (χ4v) is 4.29. The van der Waals surface area contributed by atoms with Crippen molar-refractivity contribution in [2.24, 2.45) is 5.16 Å². The van der Waals surface area contributed by atoms with Gasteiger partial charge in [-0.1, -0.05) is 23.4 Å². The van der Waals surface area contributed by atoms with Crippen LogP contribution in [0.1, 0.15) is 18.1 Å². The number of rotatable bonds is 3. The molecule has 0 radical (unpaired) electrons. The number of hydrogen-bond acceptors (Lipinski definition) is 7. The number of nitrogens with zero attached hydrogens (tertiary/aromatic N) is 1. The molecule has 130 valence electrons. The maximum atomic E-state index is 13.0. The summed E-state index contributed by atoms with van der Waals surface area (Å²) in [5, 5.41) is 3.87. The van der Waals surface area contributed by atoms with Gasteiger partial charge in [0.05, 0.1) is 24.0 Å². The zero-order chi connectivity index (χ0) is 18.2. The molecule has 0 saturated heterocycles.